The number of aromatic nitrogens is 2. The number of rotatable bonds is 1. The summed E-state index contributed by atoms with van der Waals surface area (Å²) in [4.78, 5) is 4.03. The molecule has 1 aliphatic carbocycles. The molecule has 0 bridgehead atoms. The fourth-order valence-electron chi connectivity index (χ4n) is 2.06. The van der Waals surface area contributed by atoms with Gasteiger partial charge in [0.15, 0.2) is 5.95 Å². The first-order chi connectivity index (χ1) is 5.77. The van der Waals surface area contributed by atoms with Crippen LogP contribution in [0.4, 0.5) is 5.95 Å². The van der Waals surface area contributed by atoms with Crippen molar-refractivity contribution in [2.24, 2.45) is 5.92 Å². The quantitative estimate of drug-likeness (QED) is 0.690. The number of imidazole rings is 1. The highest BCUT2D eigenvalue weighted by atomic mass is 15.2. The van der Waals surface area contributed by atoms with Crippen molar-refractivity contribution in [3.05, 3.63) is 12.4 Å². The zero-order valence-corrected chi connectivity index (χ0v) is 7.40. The fourth-order valence-corrected chi connectivity index (χ4v) is 2.06. The molecule has 2 N–H and O–H groups in total. The highest BCUT2D eigenvalue weighted by molar-refractivity contribution is 5.18. The topological polar surface area (TPSA) is 43.8 Å². The zero-order chi connectivity index (χ0) is 8.55. The summed E-state index contributed by atoms with van der Waals surface area (Å²) >= 11 is 0. The average Bonchev–Trinajstić information content (AvgIpc) is 2.58. The van der Waals surface area contributed by atoms with E-state index in [2.05, 4.69) is 16.5 Å². The summed E-state index contributed by atoms with van der Waals surface area (Å²) in [5, 5.41) is 0. The van der Waals surface area contributed by atoms with E-state index in [1.807, 2.05) is 6.20 Å². The second-order valence-corrected chi connectivity index (χ2v) is 3.76. The lowest BCUT2D eigenvalue weighted by atomic mass is 10.1. The monoisotopic (exact) mass is 165 g/mol. The normalized spacial score (nSPS) is 29.4. The van der Waals surface area contributed by atoms with Crippen molar-refractivity contribution < 1.29 is 0 Å². The number of hydrogen-bond acceptors (Lipinski definition) is 2. The summed E-state index contributed by atoms with van der Waals surface area (Å²) in [7, 11) is 0. The molecule has 1 aromatic heterocycles. The van der Waals surface area contributed by atoms with E-state index >= 15 is 0 Å². The third-order valence-electron chi connectivity index (χ3n) is 2.76. The van der Waals surface area contributed by atoms with Crippen LogP contribution in [0.25, 0.3) is 0 Å². The van der Waals surface area contributed by atoms with Gasteiger partial charge in [-0.05, 0) is 25.2 Å². The van der Waals surface area contributed by atoms with Gasteiger partial charge in [0.2, 0.25) is 0 Å². The molecule has 12 heavy (non-hydrogen) atoms. The molecule has 1 fully saturated rings. The van der Waals surface area contributed by atoms with Crippen LogP contribution < -0.4 is 5.73 Å². The average molecular weight is 165 g/mol. The van der Waals surface area contributed by atoms with Crippen molar-refractivity contribution >= 4 is 5.95 Å². The van der Waals surface area contributed by atoms with Gasteiger partial charge in [0.05, 0.1) is 0 Å². The summed E-state index contributed by atoms with van der Waals surface area (Å²) in [5.41, 5.74) is 5.72. The van der Waals surface area contributed by atoms with Crippen molar-refractivity contribution in [1.82, 2.24) is 9.55 Å². The summed E-state index contributed by atoms with van der Waals surface area (Å²) in [6.45, 7) is 2.30. The molecule has 0 spiro atoms. The zero-order valence-electron chi connectivity index (χ0n) is 7.40. The predicted octanol–water partition coefficient (Wildman–Crippen LogP) is 1.83. The maximum Gasteiger partial charge on any atom is 0.200 e. The van der Waals surface area contributed by atoms with Crippen LogP contribution in [0, 0.1) is 5.92 Å². The van der Waals surface area contributed by atoms with E-state index in [0.29, 0.717) is 12.0 Å². The second-order valence-electron chi connectivity index (χ2n) is 3.76. The molecule has 0 aromatic carbocycles. The van der Waals surface area contributed by atoms with Gasteiger partial charge in [-0.3, -0.25) is 0 Å². The first kappa shape index (κ1) is 7.65. The maximum absolute atomic E-state index is 5.72. The van der Waals surface area contributed by atoms with E-state index in [4.69, 9.17) is 5.73 Å². The van der Waals surface area contributed by atoms with Crippen LogP contribution in [0.2, 0.25) is 0 Å². The van der Waals surface area contributed by atoms with Crippen molar-refractivity contribution in [2.75, 3.05) is 5.73 Å². The van der Waals surface area contributed by atoms with Crippen LogP contribution in [-0.4, -0.2) is 9.55 Å². The van der Waals surface area contributed by atoms with Crippen LogP contribution >= 0.6 is 0 Å². The molecule has 0 aliphatic heterocycles. The minimum atomic E-state index is 0.600. The van der Waals surface area contributed by atoms with E-state index in [0.717, 1.165) is 5.92 Å². The van der Waals surface area contributed by atoms with Crippen molar-refractivity contribution in [2.45, 2.75) is 32.2 Å². The van der Waals surface area contributed by atoms with E-state index < -0.39 is 0 Å². The Kier molecular flexibility index (Phi) is 1.79. The Morgan fingerprint density at radius 1 is 1.58 bits per heavy atom. The van der Waals surface area contributed by atoms with Gasteiger partial charge in [-0.25, -0.2) is 4.98 Å². The van der Waals surface area contributed by atoms with E-state index in [9.17, 15) is 0 Å². The Hall–Kier alpha value is -0.990. The highest BCUT2D eigenvalue weighted by Gasteiger charge is 2.23. The molecule has 1 aliphatic rings. The summed E-state index contributed by atoms with van der Waals surface area (Å²) in [6.07, 6.45) is 7.58. The van der Waals surface area contributed by atoms with Gasteiger partial charge < -0.3 is 10.3 Å². The van der Waals surface area contributed by atoms with Gasteiger partial charge in [-0.15, -0.1) is 0 Å². The minimum Gasteiger partial charge on any atom is -0.369 e. The molecular formula is C9H15N3. The van der Waals surface area contributed by atoms with Gasteiger partial charge in [-0.1, -0.05) is 6.92 Å². The molecule has 2 atom stereocenters. The molecule has 1 saturated carbocycles. The number of nitrogens with two attached hydrogens (primary N) is 1. The molecule has 0 amide bonds. The lowest BCUT2D eigenvalue weighted by Crippen LogP contribution is -2.07. The van der Waals surface area contributed by atoms with Crippen LogP contribution in [0.5, 0.6) is 0 Å². The van der Waals surface area contributed by atoms with E-state index in [1.165, 1.54) is 19.3 Å². The first-order valence-electron chi connectivity index (χ1n) is 4.55. The molecule has 2 unspecified atom stereocenters. The fraction of sp³-hybridized carbons (Fsp3) is 0.667. The van der Waals surface area contributed by atoms with Crippen molar-refractivity contribution in [3.63, 3.8) is 0 Å². The Morgan fingerprint density at radius 2 is 2.42 bits per heavy atom. The van der Waals surface area contributed by atoms with Gasteiger partial charge in [0.1, 0.15) is 0 Å². The molecule has 3 heteroatoms. The Bertz CT molecular complexity index is 266. The molecule has 3 nitrogen and oxygen atoms in total. The standard InChI is InChI=1S/C9H15N3/c1-7-2-3-8(6-7)12-5-4-11-9(12)10/h4-5,7-8H,2-3,6H2,1H3,(H2,10,11). The second kappa shape index (κ2) is 2.81. The number of anilines is 1. The van der Waals surface area contributed by atoms with Crippen molar-refractivity contribution in [1.29, 1.82) is 0 Å². The Labute approximate surface area is 72.6 Å². The van der Waals surface area contributed by atoms with Crippen LogP contribution in [0.3, 0.4) is 0 Å². The lowest BCUT2D eigenvalue weighted by Gasteiger charge is -2.12. The summed E-state index contributed by atoms with van der Waals surface area (Å²) in [6, 6.07) is 0.600. The van der Waals surface area contributed by atoms with Gasteiger partial charge >= 0.3 is 0 Å². The summed E-state index contributed by atoms with van der Waals surface area (Å²) in [5.74, 6) is 1.51. The Morgan fingerprint density at radius 3 is 2.92 bits per heavy atom. The third kappa shape index (κ3) is 1.19. The predicted molar refractivity (Wildman–Crippen MR) is 48.7 cm³/mol. The smallest absolute Gasteiger partial charge is 0.200 e. The molecule has 2 rings (SSSR count). The van der Waals surface area contributed by atoms with E-state index in [1.54, 1.807) is 6.20 Å². The molecule has 1 heterocycles. The minimum absolute atomic E-state index is 0.600. The number of nitrogen functional groups attached to an aromatic ring is 1. The first-order valence-corrected chi connectivity index (χ1v) is 4.55. The highest BCUT2D eigenvalue weighted by Crippen LogP contribution is 2.34. The molecule has 66 valence electrons. The maximum atomic E-state index is 5.72. The van der Waals surface area contributed by atoms with Crippen LogP contribution in [0.1, 0.15) is 32.2 Å². The van der Waals surface area contributed by atoms with E-state index in [-0.39, 0.29) is 0 Å². The SMILES string of the molecule is CC1CCC(n2ccnc2N)C1. The molecule has 0 radical (unpaired) electrons. The van der Waals surface area contributed by atoms with Crippen molar-refractivity contribution in [3.8, 4) is 0 Å². The number of hydrogen-bond donors (Lipinski definition) is 1. The summed E-state index contributed by atoms with van der Waals surface area (Å²) < 4.78 is 2.10. The molecule has 1 aromatic rings. The van der Waals surface area contributed by atoms with Crippen LogP contribution in [-0.2, 0) is 0 Å². The van der Waals surface area contributed by atoms with Gasteiger partial charge in [0.25, 0.3) is 0 Å². The largest absolute Gasteiger partial charge is 0.369 e. The van der Waals surface area contributed by atoms with Gasteiger partial charge in [-0.2, -0.15) is 0 Å². The van der Waals surface area contributed by atoms with Gasteiger partial charge in [0, 0.05) is 18.4 Å². The van der Waals surface area contributed by atoms with Crippen LogP contribution in [0.15, 0.2) is 12.4 Å². The Balaban J connectivity index is 2.16. The number of nitrogens with zero attached hydrogens (tertiary/aromatic N) is 2. The molecule has 0 saturated heterocycles. The molecular weight excluding hydrogens is 150 g/mol. The third-order valence-corrected chi connectivity index (χ3v) is 2.76. The lowest BCUT2D eigenvalue weighted by molar-refractivity contribution is 0.499.